The van der Waals surface area contributed by atoms with Gasteiger partial charge in [0.25, 0.3) is 0 Å². The standard InChI is InChI=1S/C13H24N2O4/c1-9(2)8-19-6-5-14-13(18)15-7-11(10(3)4)12(16)17/h10-11H,1,5-8H2,2-4H3,(H,16,17)(H2,14,15,18). The van der Waals surface area contributed by atoms with E-state index in [0.29, 0.717) is 19.8 Å². The van der Waals surface area contributed by atoms with E-state index in [1.807, 2.05) is 20.8 Å². The van der Waals surface area contributed by atoms with Gasteiger partial charge in [-0.05, 0) is 12.8 Å². The number of hydrogen-bond acceptors (Lipinski definition) is 3. The number of carbonyl (C=O) groups excluding carboxylic acids is 1. The first-order chi connectivity index (χ1) is 8.84. The van der Waals surface area contributed by atoms with E-state index < -0.39 is 11.9 Å². The first-order valence-electron chi connectivity index (χ1n) is 6.31. The Bertz CT molecular complexity index is 316. The Morgan fingerprint density at radius 3 is 2.42 bits per heavy atom. The molecule has 6 heteroatoms. The number of hydrogen-bond donors (Lipinski definition) is 3. The molecule has 0 rings (SSSR count). The lowest BCUT2D eigenvalue weighted by molar-refractivity contribution is -0.142. The number of rotatable bonds is 9. The SMILES string of the molecule is C=C(C)COCCNC(=O)NCC(C(=O)O)C(C)C. The fourth-order valence-corrected chi connectivity index (χ4v) is 1.36. The van der Waals surface area contributed by atoms with Crippen molar-refractivity contribution in [3.05, 3.63) is 12.2 Å². The van der Waals surface area contributed by atoms with Crippen LogP contribution in [0.3, 0.4) is 0 Å². The molecule has 3 N–H and O–H groups in total. The van der Waals surface area contributed by atoms with Gasteiger partial charge in [0.2, 0.25) is 0 Å². The molecule has 110 valence electrons. The van der Waals surface area contributed by atoms with Gasteiger partial charge in [-0.1, -0.05) is 26.0 Å². The molecule has 0 radical (unpaired) electrons. The Hall–Kier alpha value is -1.56. The summed E-state index contributed by atoms with van der Waals surface area (Å²) < 4.78 is 5.21. The summed E-state index contributed by atoms with van der Waals surface area (Å²) in [4.78, 5) is 22.3. The molecule has 0 aliphatic rings. The third kappa shape index (κ3) is 9.07. The number of urea groups is 1. The fourth-order valence-electron chi connectivity index (χ4n) is 1.36. The summed E-state index contributed by atoms with van der Waals surface area (Å²) in [6.07, 6.45) is 0. The fraction of sp³-hybridized carbons (Fsp3) is 0.692. The highest BCUT2D eigenvalue weighted by Gasteiger charge is 2.21. The molecule has 0 bridgehead atoms. The number of carboxylic acid groups (broad SMARTS) is 1. The van der Waals surface area contributed by atoms with Gasteiger partial charge in [-0.2, -0.15) is 0 Å². The van der Waals surface area contributed by atoms with Crippen molar-refractivity contribution in [2.75, 3.05) is 26.3 Å². The maximum absolute atomic E-state index is 11.4. The second-order valence-corrected chi connectivity index (χ2v) is 4.84. The van der Waals surface area contributed by atoms with E-state index in [2.05, 4.69) is 17.2 Å². The molecule has 1 atom stereocenters. The smallest absolute Gasteiger partial charge is 0.314 e. The molecule has 0 fully saturated rings. The Morgan fingerprint density at radius 2 is 1.95 bits per heavy atom. The third-order valence-electron chi connectivity index (χ3n) is 2.48. The highest BCUT2D eigenvalue weighted by atomic mass is 16.5. The van der Waals surface area contributed by atoms with Crippen LogP contribution >= 0.6 is 0 Å². The topological polar surface area (TPSA) is 87.7 Å². The monoisotopic (exact) mass is 272 g/mol. The van der Waals surface area contributed by atoms with Gasteiger partial charge in [0.1, 0.15) is 0 Å². The van der Waals surface area contributed by atoms with Gasteiger partial charge in [-0.15, -0.1) is 0 Å². The molecule has 0 aromatic carbocycles. The Kier molecular flexibility index (Phi) is 8.61. The molecular formula is C13H24N2O4. The lowest BCUT2D eigenvalue weighted by atomic mass is 9.96. The van der Waals surface area contributed by atoms with E-state index in [1.54, 1.807) is 0 Å². The number of amides is 2. The maximum atomic E-state index is 11.4. The zero-order valence-electron chi connectivity index (χ0n) is 11.9. The number of carboxylic acids is 1. The molecular weight excluding hydrogens is 248 g/mol. The number of nitrogens with one attached hydrogen (secondary N) is 2. The molecule has 6 nitrogen and oxygen atoms in total. The molecule has 0 saturated heterocycles. The van der Waals surface area contributed by atoms with Crippen molar-refractivity contribution < 1.29 is 19.4 Å². The predicted octanol–water partition coefficient (Wildman–Crippen LogP) is 1.24. The van der Waals surface area contributed by atoms with E-state index >= 15 is 0 Å². The average molecular weight is 272 g/mol. The van der Waals surface area contributed by atoms with E-state index in [4.69, 9.17) is 9.84 Å². The molecule has 0 heterocycles. The lowest BCUT2D eigenvalue weighted by Gasteiger charge is -2.17. The lowest BCUT2D eigenvalue weighted by Crippen LogP contribution is -2.42. The molecule has 0 aromatic rings. The Labute approximate surface area is 114 Å². The van der Waals surface area contributed by atoms with Crippen LogP contribution in [0.1, 0.15) is 20.8 Å². The predicted molar refractivity (Wildman–Crippen MR) is 73.0 cm³/mol. The van der Waals surface area contributed by atoms with Crippen molar-refractivity contribution in [2.24, 2.45) is 11.8 Å². The van der Waals surface area contributed by atoms with Crippen molar-refractivity contribution in [1.29, 1.82) is 0 Å². The van der Waals surface area contributed by atoms with Crippen LogP contribution in [0, 0.1) is 11.8 Å². The Morgan fingerprint density at radius 1 is 1.32 bits per heavy atom. The van der Waals surface area contributed by atoms with E-state index in [-0.39, 0.29) is 18.5 Å². The van der Waals surface area contributed by atoms with Crippen LogP contribution in [0.4, 0.5) is 4.79 Å². The summed E-state index contributed by atoms with van der Waals surface area (Å²) in [5.41, 5.74) is 0.922. The van der Waals surface area contributed by atoms with Crippen LogP contribution in [0.5, 0.6) is 0 Å². The highest BCUT2D eigenvalue weighted by Crippen LogP contribution is 2.09. The van der Waals surface area contributed by atoms with Crippen LogP contribution in [-0.2, 0) is 9.53 Å². The average Bonchev–Trinajstić information content (AvgIpc) is 2.27. The Balaban J connectivity index is 3.74. The first kappa shape index (κ1) is 17.4. The molecule has 0 spiro atoms. The van der Waals surface area contributed by atoms with Gasteiger partial charge in [0, 0.05) is 13.1 Å². The summed E-state index contributed by atoms with van der Waals surface area (Å²) in [7, 11) is 0. The third-order valence-corrected chi connectivity index (χ3v) is 2.48. The summed E-state index contributed by atoms with van der Waals surface area (Å²) in [6.45, 7) is 10.5. The van der Waals surface area contributed by atoms with Crippen LogP contribution < -0.4 is 10.6 Å². The van der Waals surface area contributed by atoms with Crippen molar-refractivity contribution in [1.82, 2.24) is 10.6 Å². The molecule has 2 amide bonds. The minimum atomic E-state index is -0.903. The summed E-state index contributed by atoms with van der Waals surface area (Å²) in [5.74, 6) is -1.51. The van der Waals surface area contributed by atoms with Crippen molar-refractivity contribution >= 4 is 12.0 Å². The molecule has 0 aliphatic heterocycles. The number of carbonyl (C=O) groups is 2. The quantitative estimate of drug-likeness (QED) is 0.435. The minimum absolute atomic E-state index is 0.0308. The molecule has 1 unspecified atom stereocenters. The van der Waals surface area contributed by atoms with Gasteiger partial charge < -0.3 is 20.5 Å². The van der Waals surface area contributed by atoms with Gasteiger partial charge in [-0.25, -0.2) is 4.79 Å². The van der Waals surface area contributed by atoms with Crippen LogP contribution in [0.25, 0.3) is 0 Å². The van der Waals surface area contributed by atoms with E-state index in [0.717, 1.165) is 5.57 Å². The van der Waals surface area contributed by atoms with Crippen molar-refractivity contribution in [3.8, 4) is 0 Å². The minimum Gasteiger partial charge on any atom is -0.481 e. The molecule has 0 aromatic heterocycles. The second-order valence-electron chi connectivity index (χ2n) is 4.84. The van der Waals surface area contributed by atoms with Gasteiger partial charge in [-0.3, -0.25) is 4.79 Å². The maximum Gasteiger partial charge on any atom is 0.314 e. The first-order valence-corrected chi connectivity index (χ1v) is 6.31. The highest BCUT2D eigenvalue weighted by molar-refractivity contribution is 5.75. The normalized spacial score (nSPS) is 12.0. The summed E-state index contributed by atoms with van der Waals surface area (Å²) in [6, 6.07) is -0.383. The van der Waals surface area contributed by atoms with Crippen LogP contribution in [0.2, 0.25) is 0 Å². The zero-order valence-corrected chi connectivity index (χ0v) is 11.9. The summed E-state index contributed by atoms with van der Waals surface area (Å²) >= 11 is 0. The van der Waals surface area contributed by atoms with Gasteiger partial charge in [0.05, 0.1) is 19.1 Å². The zero-order chi connectivity index (χ0) is 14.8. The van der Waals surface area contributed by atoms with Crippen LogP contribution in [-0.4, -0.2) is 43.4 Å². The number of aliphatic carboxylic acids is 1. The van der Waals surface area contributed by atoms with Crippen molar-refractivity contribution in [3.63, 3.8) is 0 Å². The summed E-state index contributed by atoms with van der Waals surface area (Å²) in [5, 5.41) is 14.1. The van der Waals surface area contributed by atoms with Gasteiger partial charge >= 0.3 is 12.0 Å². The largest absolute Gasteiger partial charge is 0.481 e. The molecule has 0 aliphatic carbocycles. The molecule has 19 heavy (non-hydrogen) atoms. The second kappa shape index (κ2) is 9.38. The number of ether oxygens (including phenoxy) is 1. The molecule has 0 saturated carbocycles. The van der Waals surface area contributed by atoms with Crippen molar-refractivity contribution in [2.45, 2.75) is 20.8 Å². The van der Waals surface area contributed by atoms with Crippen LogP contribution in [0.15, 0.2) is 12.2 Å². The van der Waals surface area contributed by atoms with E-state index in [1.165, 1.54) is 0 Å². The van der Waals surface area contributed by atoms with E-state index in [9.17, 15) is 9.59 Å². The van der Waals surface area contributed by atoms with Gasteiger partial charge in [0.15, 0.2) is 0 Å².